The Hall–Kier alpha value is -1.86. The summed E-state index contributed by atoms with van der Waals surface area (Å²) < 4.78 is 17.9. The molecule has 1 aliphatic carbocycles. The topological polar surface area (TPSA) is 96.2 Å². The minimum Gasteiger partial charge on any atom is -0.469 e. The summed E-state index contributed by atoms with van der Waals surface area (Å²) in [6.45, 7) is 0. The number of ether oxygens (including phenoxy) is 1. The number of unbranched alkanes of at least 4 members (excludes halogenated alkanes) is 3. The molecular weight excluding hydrogens is 401 g/mol. The monoisotopic (exact) mass is 437 g/mol. The molecule has 1 aromatic carbocycles. The molecular formula is C24H36FNO5. The van der Waals surface area contributed by atoms with Crippen LogP contribution in [-0.2, 0) is 16.0 Å². The summed E-state index contributed by atoms with van der Waals surface area (Å²) in [6, 6.07) is 5.98. The highest BCUT2D eigenvalue weighted by Crippen LogP contribution is 2.41. The third-order valence-electron chi connectivity index (χ3n) is 6.54. The zero-order chi connectivity index (χ0) is 22.6. The number of rotatable bonds is 14. The quantitative estimate of drug-likeness (QED) is 0.253. The first-order valence-electron chi connectivity index (χ1n) is 11.4. The van der Waals surface area contributed by atoms with Gasteiger partial charge in [-0.2, -0.15) is 4.91 Å². The third kappa shape index (κ3) is 8.65. The number of hydrogen-bond acceptors (Lipinski definition) is 6. The highest BCUT2D eigenvalue weighted by atomic mass is 19.1. The Balaban J connectivity index is 1.75. The molecule has 0 saturated heterocycles. The van der Waals surface area contributed by atoms with Gasteiger partial charge in [0, 0.05) is 6.42 Å². The van der Waals surface area contributed by atoms with Crippen molar-refractivity contribution >= 4 is 5.97 Å². The van der Waals surface area contributed by atoms with Gasteiger partial charge in [-0.05, 0) is 74.5 Å². The number of methoxy groups -OCH3 is 1. The predicted molar refractivity (Wildman–Crippen MR) is 117 cm³/mol. The van der Waals surface area contributed by atoms with E-state index < -0.39 is 18.2 Å². The molecule has 5 atom stereocenters. The molecule has 0 aliphatic heterocycles. The molecule has 2 rings (SSSR count). The van der Waals surface area contributed by atoms with Gasteiger partial charge in [-0.25, -0.2) is 4.39 Å². The highest BCUT2D eigenvalue weighted by Gasteiger charge is 2.42. The molecule has 1 unspecified atom stereocenters. The van der Waals surface area contributed by atoms with Crippen molar-refractivity contribution in [3.63, 3.8) is 0 Å². The molecule has 6 nitrogen and oxygen atoms in total. The van der Waals surface area contributed by atoms with Crippen molar-refractivity contribution in [3.05, 3.63) is 40.6 Å². The van der Waals surface area contributed by atoms with Gasteiger partial charge in [0.15, 0.2) is 0 Å². The third-order valence-corrected chi connectivity index (χ3v) is 6.54. The molecule has 0 bridgehead atoms. The van der Waals surface area contributed by atoms with E-state index in [1.807, 2.05) is 6.07 Å². The second-order valence-electron chi connectivity index (χ2n) is 8.73. The lowest BCUT2D eigenvalue weighted by molar-refractivity contribution is -0.140. The van der Waals surface area contributed by atoms with Crippen molar-refractivity contribution in [2.75, 3.05) is 7.11 Å². The van der Waals surface area contributed by atoms with Crippen molar-refractivity contribution in [1.29, 1.82) is 0 Å². The van der Waals surface area contributed by atoms with E-state index in [1.54, 1.807) is 6.07 Å². The summed E-state index contributed by atoms with van der Waals surface area (Å²) in [5.74, 6) is -0.479. The molecule has 2 N–H and O–H groups in total. The van der Waals surface area contributed by atoms with Crippen molar-refractivity contribution in [3.8, 4) is 0 Å². The zero-order valence-electron chi connectivity index (χ0n) is 18.4. The number of aliphatic hydroxyl groups is 2. The van der Waals surface area contributed by atoms with E-state index in [-0.39, 0.29) is 23.6 Å². The van der Waals surface area contributed by atoms with E-state index in [0.717, 1.165) is 37.7 Å². The van der Waals surface area contributed by atoms with Crippen molar-refractivity contribution < 1.29 is 24.1 Å². The van der Waals surface area contributed by atoms with Crippen LogP contribution in [0.15, 0.2) is 29.4 Å². The molecule has 1 saturated carbocycles. The van der Waals surface area contributed by atoms with Gasteiger partial charge in [0.2, 0.25) is 0 Å². The van der Waals surface area contributed by atoms with Gasteiger partial charge in [-0.15, -0.1) is 0 Å². The first-order chi connectivity index (χ1) is 14.9. The van der Waals surface area contributed by atoms with Crippen LogP contribution in [0.5, 0.6) is 0 Å². The van der Waals surface area contributed by atoms with Gasteiger partial charge in [0.25, 0.3) is 0 Å². The number of benzene rings is 1. The molecule has 1 aliphatic rings. The van der Waals surface area contributed by atoms with E-state index in [2.05, 4.69) is 9.91 Å². The Morgan fingerprint density at radius 2 is 1.97 bits per heavy atom. The molecule has 0 aromatic heterocycles. The fourth-order valence-electron chi connectivity index (χ4n) is 4.76. The molecule has 7 heteroatoms. The second kappa shape index (κ2) is 13.5. The maximum atomic E-state index is 13.3. The number of carbonyl (C=O) groups excluding carboxylic acids is 1. The maximum Gasteiger partial charge on any atom is 0.305 e. The van der Waals surface area contributed by atoms with Crippen LogP contribution in [0, 0.1) is 22.6 Å². The number of carbonyl (C=O) groups is 1. The van der Waals surface area contributed by atoms with Crippen LogP contribution in [0.2, 0.25) is 0 Å². The van der Waals surface area contributed by atoms with E-state index in [1.165, 1.54) is 19.2 Å². The van der Waals surface area contributed by atoms with Gasteiger partial charge in [-0.3, -0.25) is 4.79 Å². The van der Waals surface area contributed by atoms with E-state index in [9.17, 15) is 24.3 Å². The fraction of sp³-hybridized carbons (Fsp3) is 0.708. The van der Waals surface area contributed by atoms with Crippen LogP contribution < -0.4 is 0 Å². The van der Waals surface area contributed by atoms with E-state index >= 15 is 0 Å². The van der Waals surface area contributed by atoms with Crippen LogP contribution in [0.1, 0.15) is 69.8 Å². The molecule has 0 amide bonds. The number of aliphatic hydroxyl groups excluding tert-OH is 2. The SMILES string of the molecule is COC(=O)CCCCCC[C@H]1[C@@H](O)CC(N=O)[C@@H]1CC[C@@H](O)CCc1cccc(F)c1. The molecule has 1 fully saturated rings. The highest BCUT2D eigenvalue weighted by molar-refractivity contribution is 5.68. The normalized spacial score (nSPS) is 24.1. The Labute approximate surface area is 184 Å². The van der Waals surface area contributed by atoms with Crippen molar-refractivity contribution in [2.24, 2.45) is 17.0 Å². The van der Waals surface area contributed by atoms with Crippen LogP contribution >= 0.6 is 0 Å². The Bertz CT molecular complexity index is 686. The molecule has 0 radical (unpaired) electrons. The van der Waals surface area contributed by atoms with Gasteiger partial charge < -0.3 is 14.9 Å². The molecule has 0 heterocycles. The zero-order valence-corrected chi connectivity index (χ0v) is 18.4. The lowest BCUT2D eigenvalue weighted by atomic mass is 9.84. The smallest absolute Gasteiger partial charge is 0.305 e. The van der Waals surface area contributed by atoms with Gasteiger partial charge in [-0.1, -0.05) is 36.6 Å². The largest absolute Gasteiger partial charge is 0.469 e. The Morgan fingerprint density at radius 1 is 1.19 bits per heavy atom. The molecule has 1 aromatic rings. The summed E-state index contributed by atoms with van der Waals surface area (Å²) in [5, 5.41) is 24.1. The van der Waals surface area contributed by atoms with Crippen LogP contribution in [0.4, 0.5) is 4.39 Å². The second-order valence-corrected chi connectivity index (χ2v) is 8.73. The summed E-state index contributed by atoms with van der Waals surface area (Å²) in [4.78, 5) is 22.4. The van der Waals surface area contributed by atoms with Gasteiger partial charge in [0.1, 0.15) is 5.82 Å². The maximum absolute atomic E-state index is 13.3. The summed E-state index contributed by atoms with van der Waals surface area (Å²) >= 11 is 0. The van der Waals surface area contributed by atoms with Crippen LogP contribution in [0.25, 0.3) is 0 Å². The van der Waals surface area contributed by atoms with E-state index in [4.69, 9.17) is 0 Å². The van der Waals surface area contributed by atoms with Crippen LogP contribution in [0.3, 0.4) is 0 Å². The average molecular weight is 438 g/mol. The summed E-state index contributed by atoms with van der Waals surface area (Å²) in [6.07, 6.45) is 6.47. The van der Waals surface area contributed by atoms with Gasteiger partial charge >= 0.3 is 5.97 Å². The lowest BCUT2D eigenvalue weighted by Crippen LogP contribution is -2.23. The number of aryl methyl sites for hydroxylation is 1. The van der Waals surface area contributed by atoms with Gasteiger partial charge in [0.05, 0.1) is 25.4 Å². The minimum atomic E-state index is -0.535. The Morgan fingerprint density at radius 3 is 2.68 bits per heavy atom. The minimum absolute atomic E-state index is 0.0127. The Kier molecular flexibility index (Phi) is 11.1. The molecule has 174 valence electrons. The number of nitrogens with zero attached hydrogens (tertiary/aromatic N) is 1. The number of hydrogen-bond donors (Lipinski definition) is 2. The molecule has 0 spiro atoms. The van der Waals surface area contributed by atoms with Crippen LogP contribution in [-0.4, -0.2) is 41.5 Å². The average Bonchev–Trinajstić information content (AvgIpc) is 3.07. The fourth-order valence-corrected chi connectivity index (χ4v) is 4.76. The first kappa shape index (κ1) is 25.4. The molecule has 31 heavy (non-hydrogen) atoms. The predicted octanol–water partition coefficient (Wildman–Crippen LogP) is 4.55. The summed E-state index contributed by atoms with van der Waals surface area (Å²) in [7, 11) is 1.39. The first-order valence-corrected chi connectivity index (χ1v) is 11.4. The van der Waals surface area contributed by atoms with Crippen molar-refractivity contribution in [2.45, 2.75) is 88.9 Å². The number of esters is 1. The number of nitroso groups, excluding NO2 is 1. The lowest BCUT2D eigenvalue weighted by Gasteiger charge is -2.24. The summed E-state index contributed by atoms with van der Waals surface area (Å²) in [5.41, 5.74) is 0.854. The standard InChI is InChI=1S/C24H36FNO5/c1-31-24(29)10-5-3-2-4-9-21-20(22(26-30)16-23(21)28)14-13-19(27)12-11-17-7-6-8-18(25)15-17/h6-8,15,19-23,27-28H,2-5,9-14,16H2,1H3/t19-,20+,21+,22?,23-/m0/s1. The van der Waals surface area contributed by atoms with Crippen molar-refractivity contribution in [1.82, 2.24) is 0 Å². The van der Waals surface area contributed by atoms with E-state index in [0.29, 0.717) is 38.5 Å². The number of halogens is 1.